The molecule has 5 heteroatoms. The number of hydrogen-bond donors (Lipinski definition) is 0. The van der Waals surface area contributed by atoms with Crippen molar-refractivity contribution in [1.29, 1.82) is 0 Å². The highest BCUT2D eigenvalue weighted by Gasteiger charge is 2.24. The smallest absolute Gasteiger partial charge is 0.223 e. The minimum absolute atomic E-state index is 0.184. The fraction of sp³-hybridized carbons (Fsp3) is 0.625. The van der Waals surface area contributed by atoms with Crippen LogP contribution >= 0.6 is 12.2 Å². The first-order chi connectivity index (χ1) is 6.25. The Balaban J connectivity index is 1.91. The molecule has 0 aliphatic carbocycles. The average Bonchev–Trinajstić information content (AvgIpc) is 2.64. The number of ether oxygens (including phenoxy) is 1. The van der Waals surface area contributed by atoms with Crippen molar-refractivity contribution >= 4 is 29.1 Å². The Hall–Kier alpha value is -0.970. The third-order valence-corrected chi connectivity index (χ3v) is 2.33. The van der Waals surface area contributed by atoms with Gasteiger partial charge in [-0.2, -0.15) is 0 Å². The molecule has 1 amide bonds. The monoisotopic (exact) mass is 198 g/mol. The van der Waals surface area contributed by atoms with Gasteiger partial charge in [0.15, 0.2) is 5.05 Å². The second kappa shape index (κ2) is 3.41. The van der Waals surface area contributed by atoms with E-state index < -0.39 is 0 Å². The maximum absolute atomic E-state index is 11.2. The number of likely N-dealkylation sites (tertiary alicyclic amines) is 1. The number of carbonyl (C=O) groups is 1. The van der Waals surface area contributed by atoms with E-state index in [1.165, 1.54) is 0 Å². The molecule has 0 unspecified atom stereocenters. The molecule has 2 heterocycles. The van der Waals surface area contributed by atoms with E-state index in [1.807, 2.05) is 0 Å². The molecule has 70 valence electrons. The van der Waals surface area contributed by atoms with E-state index >= 15 is 0 Å². The van der Waals surface area contributed by atoms with Gasteiger partial charge >= 0.3 is 0 Å². The molecule has 0 spiro atoms. The summed E-state index contributed by atoms with van der Waals surface area (Å²) in [7, 11) is 0. The Labute approximate surface area is 81.6 Å². The third-order valence-electron chi connectivity index (χ3n) is 2.11. The van der Waals surface area contributed by atoms with Crippen molar-refractivity contribution < 1.29 is 9.53 Å². The summed E-state index contributed by atoms with van der Waals surface area (Å²) in [6.45, 7) is 1.76. The lowest BCUT2D eigenvalue weighted by atomic mass is 10.4. The van der Waals surface area contributed by atoms with Gasteiger partial charge in [0, 0.05) is 13.0 Å². The van der Waals surface area contributed by atoms with Crippen LogP contribution in [0.2, 0.25) is 0 Å². The minimum Gasteiger partial charge on any atom is -0.432 e. The lowest BCUT2D eigenvalue weighted by Crippen LogP contribution is -2.31. The van der Waals surface area contributed by atoms with Crippen LogP contribution in [0, 0.1) is 0 Å². The summed E-state index contributed by atoms with van der Waals surface area (Å²) in [6.07, 6.45) is 1.59. The van der Waals surface area contributed by atoms with Gasteiger partial charge < -0.3 is 9.64 Å². The van der Waals surface area contributed by atoms with Crippen LogP contribution in [0.1, 0.15) is 12.8 Å². The minimum atomic E-state index is 0.184. The third kappa shape index (κ3) is 1.85. The zero-order valence-electron chi connectivity index (χ0n) is 7.15. The molecule has 0 aromatic carbocycles. The molecule has 2 aliphatic rings. The lowest BCUT2D eigenvalue weighted by Gasteiger charge is -2.13. The van der Waals surface area contributed by atoms with Gasteiger partial charge in [-0.05, 0) is 18.6 Å². The van der Waals surface area contributed by atoms with Crippen molar-refractivity contribution in [3.63, 3.8) is 0 Å². The Morgan fingerprint density at radius 1 is 1.62 bits per heavy atom. The van der Waals surface area contributed by atoms with E-state index in [1.54, 1.807) is 4.90 Å². The number of hydrogen-bond acceptors (Lipinski definition) is 4. The van der Waals surface area contributed by atoms with Crippen molar-refractivity contribution in [1.82, 2.24) is 4.90 Å². The van der Waals surface area contributed by atoms with Gasteiger partial charge in [-0.3, -0.25) is 4.79 Å². The van der Waals surface area contributed by atoms with Crippen molar-refractivity contribution in [3.8, 4) is 0 Å². The number of aliphatic imine (C=N–C) groups is 1. The summed E-state index contributed by atoms with van der Waals surface area (Å²) in [6, 6.07) is 0. The van der Waals surface area contributed by atoms with Crippen LogP contribution in [-0.2, 0) is 9.53 Å². The Morgan fingerprint density at radius 2 is 2.46 bits per heavy atom. The highest BCUT2D eigenvalue weighted by Crippen LogP contribution is 2.10. The summed E-state index contributed by atoms with van der Waals surface area (Å²) >= 11 is 4.83. The first kappa shape index (κ1) is 8.62. The molecule has 1 fully saturated rings. The quantitative estimate of drug-likeness (QED) is 0.602. The Morgan fingerprint density at radius 3 is 3.00 bits per heavy atom. The molecule has 0 aromatic heterocycles. The summed E-state index contributed by atoms with van der Waals surface area (Å²) in [4.78, 5) is 17.1. The zero-order chi connectivity index (χ0) is 9.26. The number of nitrogens with zero attached hydrogens (tertiary/aromatic N) is 2. The number of rotatable bonds is 2. The molecule has 0 bridgehead atoms. The van der Waals surface area contributed by atoms with Crippen LogP contribution in [0.5, 0.6) is 0 Å². The number of thiocarbonyl (C=S) groups is 1. The van der Waals surface area contributed by atoms with Gasteiger partial charge in [0.1, 0.15) is 6.54 Å². The molecule has 0 atom stereocenters. The van der Waals surface area contributed by atoms with Crippen molar-refractivity contribution in [2.45, 2.75) is 12.8 Å². The van der Waals surface area contributed by atoms with Gasteiger partial charge in [0.05, 0.1) is 6.54 Å². The maximum atomic E-state index is 11.2. The van der Waals surface area contributed by atoms with Gasteiger partial charge in [-0.1, -0.05) is 0 Å². The van der Waals surface area contributed by atoms with E-state index in [2.05, 4.69) is 4.99 Å². The van der Waals surface area contributed by atoms with Gasteiger partial charge in [-0.25, -0.2) is 4.99 Å². The largest absolute Gasteiger partial charge is 0.432 e. The van der Waals surface area contributed by atoms with Gasteiger partial charge in [0.25, 0.3) is 0 Å². The van der Waals surface area contributed by atoms with Crippen molar-refractivity contribution in [3.05, 3.63) is 0 Å². The number of amides is 1. The standard InChI is InChI=1S/C8H10N2O2S/c11-7-2-1-3-10(7)5-6-9-4-8(13)12-6/h1-5H2. The highest BCUT2D eigenvalue weighted by molar-refractivity contribution is 7.80. The van der Waals surface area contributed by atoms with Crippen LogP contribution in [-0.4, -0.2) is 41.4 Å². The molecule has 0 aromatic rings. The molecule has 0 radical (unpaired) electrons. The van der Waals surface area contributed by atoms with E-state index in [4.69, 9.17) is 17.0 Å². The van der Waals surface area contributed by atoms with E-state index in [-0.39, 0.29) is 5.91 Å². The molecule has 1 saturated heterocycles. The van der Waals surface area contributed by atoms with Crippen LogP contribution in [0.15, 0.2) is 4.99 Å². The summed E-state index contributed by atoms with van der Waals surface area (Å²) in [5.74, 6) is 0.768. The van der Waals surface area contributed by atoms with Crippen molar-refractivity contribution in [2.24, 2.45) is 4.99 Å². The highest BCUT2D eigenvalue weighted by atomic mass is 32.1. The molecule has 2 rings (SSSR count). The van der Waals surface area contributed by atoms with Crippen molar-refractivity contribution in [2.75, 3.05) is 19.6 Å². The summed E-state index contributed by atoms with van der Waals surface area (Å²) in [5.41, 5.74) is 0. The molecule has 13 heavy (non-hydrogen) atoms. The average molecular weight is 198 g/mol. The van der Waals surface area contributed by atoms with Crippen LogP contribution in [0.25, 0.3) is 0 Å². The molecule has 2 aliphatic heterocycles. The SMILES string of the molecule is O=C1CCCN1CC1=NCC(=S)O1. The first-order valence-electron chi connectivity index (χ1n) is 4.27. The normalized spacial score (nSPS) is 22.2. The van der Waals surface area contributed by atoms with Crippen LogP contribution in [0.4, 0.5) is 0 Å². The van der Waals surface area contributed by atoms with E-state index in [9.17, 15) is 4.79 Å². The Bertz CT molecular complexity index is 288. The Kier molecular flexibility index (Phi) is 2.26. The predicted molar refractivity (Wildman–Crippen MR) is 51.8 cm³/mol. The van der Waals surface area contributed by atoms with Crippen LogP contribution < -0.4 is 0 Å². The maximum Gasteiger partial charge on any atom is 0.223 e. The fourth-order valence-corrected chi connectivity index (χ4v) is 1.63. The molecule has 0 N–H and O–H groups in total. The molecular formula is C8H10N2O2S. The second-order valence-corrected chi connectivity index (χ2v) is 3.56. The van der Waals surface area contributed by atoms with E-state index in [0.29, 0.717) is 30.5 Å². The first-order valence-corrected chi connectivity index (χ1v) is 4.68. The molecular weight excluding hydrogens is 188 g/mol. The zero-order valence-corrected chi connectivity index (χ0v) is 7.97. The number of carbonyl (C=O) groups excluding carboxylic acids is 1. The summed E-state index contributed by atoms with van der Waals surface area (Å²) in [5, 5.41) is 0.502. The predicted octanol–water partition coefficient (Wildman–Crippen LogP) is 0.365. The molecule has 4 nitrogen and oxygen atoms in total. The van der Waals surface area contributed by atoms with E-state index in [0.717, 1.165) is 13.0 Å². The summed E-state index contributed by atoms with van der Waals surface area (Å²) < 4.78 is 5.16. The fourth-order valence-electron chi connectivity index (χ4n) is 1.47. The second-order valence-electron chi connectivity index (χ2n) is 3.10. The van der Waals surface area contributed by atoms with Gasteiger partial charge in [0.2, 0.25) is 11.8 Å². The van der Waals surface area contributed by atoms with Crippen LogP contribution in [0.3, 0.4) is 0 Å². The molecule has 0 saturated carbocycles. The van der Waals surface area contributed by atoms with Gasteiger partial charge in [-0.15, -0.1) is 0 Å². The lowest BCUT2D eigenvalue weighted by molar-refractivity contribution is -0.127. The topological polar surface area (TPSA) is 41.9 Å².